The average Bonchev–Trinajstić information content (AvgIpc) is 2.31. The van der Waals surface area contributed by atoms with E-state index in [0.717, 1.165) is 5.56 Å². The van der Waals surface area contributed by atoms with Crippen molar-refractivity contribution in [2.24, 2.45) is 0 Å². The Morgan fingerprint density at radius 2 is 1.65 bits per heavy atom. The molecule has 0 amide bonds. The number of aryl methyl sites for hydroxylation is 1. The average molecular weight is 297 g/mol. The molecule has 0 aliphatic rings. The van der Waals surface area contributed by atoms with E-state index in [9.17, 15) is 4.79 Å². The fraction of sp³-hybridized carbons (Fsp3) is 0.0714. The number of benzene rings is 2. The molecule has 2 aromatic rings. The smallest absolute Gasteiger partial charge is 0.450 e. The van der Waals surface area contributed by atoms with Crippen LogP contribution in [-0.2, 0) is 0 Å². The summed E-state index contributed by atoms with van der Waals surface area (Å²) in [7, 11) is 0. The van der Waals surface area contributed by atoms with Gasteiger partial charge in [0.05, 0.1) is 5.56 Å². The van der Waals surface area contributed by atoms with Crippen molar-refractivity contribution in [1.82, 2.24) is 0 Å². The molecule has 3 heteroatoms. The zero-order valence-electron chi connectivity index (χ0n) is 9.94. The Kier molecular flexibility index (Phi) is 6.27. The zero-order valence-corrected chi connectivity index (χ0v) is 14.9. The third-order valence-corrected chi connectivity index (χ3v) is 2.19. The number of hydrogen-bond donors (Lipinski definition) is 0. The van der Waals surface area contributed by atoms with E-state index in [1.165, 1.54) is 0 Å². The molecule has 0 aromatic heterocycles. The zero-order chi connectivity index (χ0) is 11.4. The van der Waals surface area contributed by atoms with Crippen LogP contribution in [0.2, 0.25) is 0 Å². The Labute approximate surface area is 150 Å². The van der Waals surface area contributed by atoms with E-state index in [1.807, 2.05) is 19.1 Å². The quantitative estimate of drug-likeness (QED) is 0.444. The van der Waals surface area contributed by atoms with Gasteiger partial charge < -0.3 is 4.74 Å². The Morgan fingerprint density at radius 3 is 2.24 bits per heavy atom. The second kappa shape index (κ2) is 7.22. The predicted molar refractivity (Wildman–Crippen MR) is 61.4 cm³/mol. The van der Waals surface area contributed by atoms with Gasteiger partial charge in [-0.25, -0.2) is 4.79 Å². The summed E-state index contributed by atoms with van der Waals surface area (Å²) in [5.41, 5.74) is 1.67. The van der Waals surface area contributed by atoms with E-state index < -0.39 is 0 Å². The van der Waals surface area contributed by atoms with Crippen molar-refractivity contribution in [3.05, 3.63) is 65.7 Å². The van der Waals surface area contributed by atoms with Crippen molar-refractivity contribution in [2.75, 3.05) is 0 Å². The first kappa shape index (κ1) is 14.8. The Balaban J connectivity index is 0.00000144. The largest absolute Gasteiger partial charge is 1.00 e. The number of ether oxygens (including phenoxy) is 1. The van der Waals surface area contributed by atoms with Gasteiger partial charge in [-0.2, -0.15) is 18.2 Å². The molecule has 0 unspecified atom stereocenters. The van der Waals surface area contributed by atoms with Crippen LogP contribution in [-0.4, -0.2) is 5.97 Å². The van der Waals surface area contributed by atoms with Gasteiger partial charge in [0.2, 0.25) is 0 Å². The third-order valence-electron chi connectivity index (χ3n) is 2.19. The van der Waals surface area contributed by atoms with Crippen molar-refractivity contribution in [2.45, 2.75) is 6.92 Å². The number of hydrogen-bond acceptors (Lipinski definition) is 2. The van der Waals surface area contributed by atoms with Gasteiger partial charge in [-0.15, -0.1) is 12.1 Å². The summed E-state index contributed by atoms with van der Waals surface area (Å²) in [4.78, 5) is 11.7. The number of rotatable bonds is 2. The van der Waals surface area contributed by atoms with Crippen LogP contribution in [0.25, 0.3) is 0 Å². The molecule has 0 atom stereocenters. The maximum absolute atomic E-state index is 11.7. The molecule has 17 heavy (non-hydrogen) atoms. The molecule has 0 fully saturated rings. The summed E-state index contributed by atoms with van der Waals surface area (Å²) in [5, 5.41) is 0. The molecule has 0 aliphatic heterocycles. The molecule has 0 aliphatic carbocycles. The Hall–Kier alpha value is -0.285. The van der Waals surface area contributed by atoms with Crippen LogP contribution in [0.3, 0.4) is 0 Å². The monoisotopic (exact) mass is 296 g/mol. The van der Waals surface area contributed by atoms with Gasteiger partial charge in [-0.1, -0.05) is 17.7 Å². The molecular weight excluding hydrogens is 286 g/mol. The van der Waals surface area contributed by atoms with Gasteiger partial charge in [-0.3, -0.25) is 0 Å². The van der Waals surface area contributed by atoms with E-state index in [2.05, 4.69) is 6.07 Å². The molecule has 0 bridgehead atoms. The number of carbonyl (C=O) groups is 1. The molecule has 0 radical (unpaired) electrons. The molecule has 2 aromatic carbocycles. The normalized spacial score (nSPS) is 9.24. The summed E-state index contributed by atoms with van der Waals surface area (Å²) >= 11 is 0. The minimum Gasteiger partial charge on any atom is -0.450 e. The fourth-order valence-corrected chi connectivity index (χ4v) is 1.30. The molecule has 2 rings (SSSR count). The first-order valence-electron chi connectivity index (χ1n) is 5.01. The van der Waals surface area contributed by atoms with Crippen LogP contribution < -0.4 is 62.9 Å². The molecule has 0 saturated carbocycles. The van der Waals surface area contributed by atoms with E-state index in [1.54, 1.807) is 36.4 Å². The number of carbonyl (C=O) groups excluding carboxylic acids is 1. The van der Waals surface area contributed by atoms with E-state index in [4.69, 9.17) is 4.74 Å². The SMILES string of the molecule is Cc1ccc(C(=O)Oc2cc[c-]cc2)cc1.[Rb+]. The maximum atomic E-state index is 11.7. The minimum atomic E-state index is -0.341. The fourth-order valence-electron chi connectivity index (χ4n) is 1.30. The van der Waals surface area contributed by atoms with Crippen LogP contribution in [0.1, 0.15) is 15.9 Å². The van der Waals surface area contributed by atoms with Gasteiger partial charge in [0.15, 0.2) is 0 Å². The van der Waals surface area contributed by atoms with E-state index in [0.29, 0.717) is 11.3 Å². The van der Waals surface area contributed by atoms with Crippen LogP contribution in [0.5, 0.6) is 5.75 Å². The summed E-state index contributed by atoms with van der Waals surface area (Å²) in [5.74, 6) is 0.190. The van der Waals surface area contributed by atoms with Gasteiger partial charge in [0.1, 0.15) is 0 Å². The molecule has 0 heterocycles. The first-order chi connectivity index (χ1) is 7.75. The summed E-state index contributed by atoms with van der Waals surface area (Å²) < 4.78 is 5.18. The molecule has 2 nitrogen and oxygen atoms in total. The predicted octanol–water partition coefficient (Wildman–Crippen LogP) is 0.0184. The van der Waals surface area contributed by atoms with Crippen molar-refractivity contribution >= 4 is 5.97 Å². The van der Waals surface area contributed by atoms with E-state index in [-0.39, 0.29) is 64.2 Å². The van der Waals surface area contributed by atoms with Crippen LogP contribution in [0.4, 0.5) is 0 Å². The molecular formula is C14H11O2Rb. The van der Waals surface area contributed by atoms with Crippen molar-refractivity contribution in [3.8, 4) is 5.75 Å². The van der Waals surface area contributed by atoms with Crippen LogP contribution in [0, 0.1) is 13.0 Å². The maximum Gasteiger partial charge on any atom is 1.00 e. The van der Waals surface area contributed by atoms with Gasteiger partial charge in [0, 0.05) is 5.75 Å². The second-order valence-corrected chi connectivity index (χ2v) is 3.49. The Morgan fingerprint density at radius 1 is 1.06 bits per heavy atom. The Bertz CT molecular complexity index is 477. The van der Waals surface area contributed by atoms with Crippen molar-refractivity contribution in [1.29, 1.82) is 0 Å². The van der Waals surface area contributed by atoms with Crippen LogP contribution in [0.15, 0.2) is 48.5 Å². The summed E-state index contributed by atoms with van der Waals surface area (Å²) in [6, 6.07) is 17.0. The summed E-state index contributed by atoms with van der Waals surface area (Å²) in [6.07, 6.45) is 0. The first-order valence-corrected chi connectivity index (χ1v) is 5.01. The van der Waals surface area contributed by atoms with Crippen molar-refractivity contribution < 1.29 is 67.7 Å². The third kappa shape index (κ3) is 4.47. The topological polar surface area (TPSA) is 26.3 Å². The van der Waals surface area contributed by atoms with Crippen LogP contribution >= 0.6 is 0 Å². The number of esters is 1. The molecule has 0 spiro atoms. The van der Waals surface area contributed by atoms with Gasteiger partial charge in [-0.05, 0) is 19.1 Å². The van der Waals surface area contributed by atoms with E-state index >= 15 is 0 Å². The van der Waals surface area contributed by atoms with Crippen molar-refractivity contribution in [3.63, 3.8) is 0 Å². The van der Waals surface area contributed by atoms with Gasteiger partial charge >= 0.3 is 64.2 Å². The summed E-state index contributed by atoms with van der Waals surface area (Å²) in [6.45, 7) is 1.97. The van der Waals surface area contributed by atoms with Gasteiger partial charge in [0.25, 0.3) is 0 Å². The minimum absolute atomic E-state index is 0. The molecule has 0 N–H and O–H groups in total. The molecule has 0 saturated heterocycles. The second-order valence-electron chi connectivity index (χ2n) is 3.49. The standard InChI is InChI=1S/C14H11O2.Rb/c1-11-7-9-12(10-8-11)14(15)16-13-5-3-2-4-6-13;/h3-10H,1H3;/q-1;+1. The molecule has 80 valence electrons.